The molecule has 0 bridgehead atoms. The molecule has 0 amide bonds. The third kappa shape index (κ3) is 4.53. The van der Waals surface area contributed by atoms with E-state index in [9.17, 15) is 0 Å². The lowest BCUT2D eigenvalue weighted by Crippen LogP contribution is -2.51. The summed E-state index contributed by atoms with van der Waals surface area (Å²) >= 11 is 0. The summed E-state index contributed by atoms with van der Waals surface area (Å²) in [6.45, 7) is 7.65. The number of fused-ring (bicyclic) bond motifs is 1. The molecular formula is C26H36N8O2. The Morgan fingerprint density at radius 2 is 1.75 bits per heavy atom. The van der Waals surface area contributed by atoms with Crippen molar-refractivity contribution in [2.24, 2.45) is 0 Å². The van der Waals surface area contributed by atoms with Crippen LogP contribution in [0.3, 0.4) is 0 Å². The number of nitrogens with zero attached hydrogens (tertiary/aromatic N) is 6. The van der Waals surface area contributed by atoms with Crippen molar-refractivity contribution in [1.82, 2.24) is 29.6 Å². The van der Waals surface area contributed by atoms with E-state index in [-0.39, 0.29) is 0 Å². The summed E-state index contributed by atoms with van der Waals surface area (Å²) in [4.78, 5) is 17.4. The van der Waals surface area contributed by atoms with Gasteiger partial charge in [-0.25, -0.2) is 15.0 Å². The zero-order chi connectivity index (χ0) is 24.5. The van der Waals surface area contributed by atoms with E-state index >= 15 is 0 Å². The van der Waals surface area contributed by atoms with Crippen LogP contribution in [0.5, 0.6) is 0 Å². The van der Waals surface area contributed by atoms with Crippen molar-refractivity contribution >= 4 is 22.7 Å². The molecule has 0 unspecified atom stereocenters. The molecular weight excluding hydrogens is 456 g/mol. The number of nitrogens with one attached hydrogen (secondary N) is 2. The highest BCUT2D eigenvalue weighted by atomic mass is 16.5. The van der Waals surface area contributed by atoms with Crippen LogP contribution in [0.15, 0.2) is 18.6 Å². The minimum Gasteiger partial charge on any atom is -0.381 e. The van der Waals surface area contributed by atoms with Gasteiger partial charge in [-0.1, -0.05) is 6.92 Å². The fraction of sp³-hybridized carbons (Fsp3) is 0.615. The van der Waals surface area contributed by atoms with Crippen LogP contribution in [0.1, 0.15) is 44.3 Å². The van der Waals surface area contributed by atoms with Crippen LogP contribution in [-0.4, -0.2) is 88.3 Å². The zero-order valence-electron chi connectivity index (χ0n) is 21.2. The fourth-order valence-electron chi connectivity index (χ4n) is 5.49. The molecule has 10 nitrogen and oxygen atoms in total. The smallest absolute Gasteiger partial charge is 0.153 e. The lowest BCUT2D eigenvalue weighted by atomic mass is 10.0. The molecule has 10 heteroatoms. The summed E-state index contributed by atoms with van der Waals surface area (Å²) in [6, 6.07) is 1.37. The summed E-state index contributed by atoms with van der Waals surface area (Å²) in [7, 11) is 1.88. The number of aryl methyl sites for hydroxylation is 1. The first-order chi connectivity index (χ1) is 17.7. The van der Waals surface area contributed by atoms with Gasteiger partial charge in [0.1, 0.15) is 16.9 Å². The van der Waals surface area contributed by atoms with Crippen molar-refractivity contribution in [3.63, 3.8) is 0 Å². The molecule has 0 spiro atoms. The molecule has 0 aliphatic carbocycles. The topological polar surface area (TPSA) is 102 Å². The molecule has 3 saturated heterocycles. The van der Waals surface area contributed by atoms with E-state index in [2.05, 4.69) is 38.3 Å². The van der Waals surface area contributed by atoms with E-state index in [1.165, 1.54) is 0 Å². The van der Waals surface area contributed by atoms with Crippen molar-refractivity contribution in [2.45, 2.75) is 57.2 Å². The molecule has 3 aliphatic heterocycles. The second kappa shape index (κ2) is 10.3. The molecule has 3 aromatic heterocycles. The summed E-state index contributed by atoms with van der Waals surface area (Å²) in [6.07, 6.45) is 11.0. The third-order valence-electron chi connectivity index (χ3n) is 7.83. The highest BCUT2D eigenvalue weighted by Crippen LogP contribution is 2.33. The Kier molecular flexibility index (Phi) is 6.73. The van der Waals surface area contributed by atoms with Crippen molar-refractivity contribution in [3.8, 4) is 11.1 Å². The molecule has 192 valence electrons. The van der Waals surface area contributed by atoms with E-state index in [1.807, 2.05) is 19.4 Å². The molecule has 0 saturated carbocycles. The van der Waals surface area contributed by atoms with Gasteiger partial charge in [0.25, 0.3) is 0 Å². The third-order valence-corrected chi connectivity index (χ3v) is 7.83. The SMILES string of the molecule is CCc1nc2c(NC)ncc(-c3cnn(C4CCN(C5COC5)CC4)c3)c2nc1NC1CCOCC1. The number of pyridine rings is 1. The highest BCUT2D eigenvalue weighted by molar-refractivity contribution is 5.97. The maximum atomic E-state index is 5.54. The van der Waals surface area contributed by atoms with Gasteiger partial charge < -0.3 is 20.1 Å². The predicted molar refractivity (Wildman–Crippen MR) is 139 cm³/mol. The lowest BCUT2D eigenvalue weighted by molar-refractivity contribution is -0.0734. The van der Waals surface area contributed by atoms with Crippen LogP contribution in [-0.2, 0) is 15.9 Å². The van der Waals surface area contributed by atoms with Gasteiger partial charge in [-0.05, 0) is 32.1 Å². The van der Waals surface area contributed by atoms with Gasteiger partial charge in [-0.2, -0.15) is 5.10 Å². The van der Waals surface area contributed by atoms with Crippen molar-refractivity contribution < 1.29 is 9.47 Å². The Hall–Kier alpha value is -2.82. The Labute approximate surface area is 211 Å². The lowest BCUT2D eigenvalue weighted by Gasteiger charge is -2.41. The van der Waals surface area contributed by atoms with Crippen LogP contribution in [0.25, 0.3) is 22.2 Å². The minimum atomic E-state index is 0.352. The van der Waals surface area contributed by atoms with Crippen LogP contribution in [0.2, 0.25) is 0 Å². The Morgan fingerprint density at radius 3 is 2.44 bits per heavy atom. The quantitative estimate of drug-likeness (QED) is 0.515. The molecule has 0 aromatic carbocycles. The predicted octanol–water partition coefficient (Wildman–Crippen LogP) is 3.12. The van der Waals surface area contributed by atoms with Gasteiger partial charge in [-0.3, -0.25) is 9.58 Å². The van der Waals surface area contributed by atoms with E-state index in [0.29, 0.717) is 18.1 Å². The van der Waals surface area contributed by atoms with Crippen molar-refractivity contribution in [3.05, 3.63) is 24.3 Å². The molecule has 6 rings (SSSR count). The Bertz CT molecular complexity index is 1200. The molecule has 0 radical (unpaired) electrons. The first-order valence-electron chi connectivity index (χ1n) is 13.3. The van der Waals surface area contributed by atoms with Crippen molar-refractivity contribution in [2.75, 3.05) is 57.2 Å². The van der Waals surface area contributed by atoms with Crippen LogP contribution in [0.4, 0.5) is 11.6 Å². The number of hydrogen-bond donors (Lipinski definition) is 2. The van der Waals surface area contributed by atoms with Gasteiger partial charge in [0.15, 0.2) is 5.82 Å². The average molecular weight is 493 g/mol. The Balaban J connectivity index is 1.30. The van der Waals surface area contributed by atoms with Crippen LogP contribution in [0, 0.1) is 0 Å². The molecule has 3 aromatic rings. The highest BCUT2D eigenvalue weighted by Gasteiger charge is 2.30. The normalized spacial score (nSPS) is 20.5. The average Bonchev–Trinajstić information content (AvgIpc) is 3.38. The van der Waals surface area contributed by atoms with Crippen LogP contribution >= 0.6 is 0 Å². The van der Waals surface area contributed by atoms with Gasteiger partial charge in [0, 0.05) is 62.9 Å². The summed E-state index contributed by atoms with van der Waals surface area (Å²) < 4.78 is 13.1. The second-order valence-corrected chi connectivity index (χ2v) is 10.0. The minimum absolute atomic E-state index is 0.352. The summed E-state index contributed by atoms with van der Waals surface area (Å²) in [5, 5.41) is 11.6. The van der Waals surface area contributed by atoms with Gasteiger partial charge in [0.05, 0.1) is 37.2 Å². The summed E-state index contributed by atoms with van der Waals surface area (Å²) in [5.74, 6) is 1.61. The molecule has 0 atom stereocenters. The van der Waals surface area contributed by atoms with Gasteiger partial charge in [-0.15, -0.1) is 0 Å². The van der Waals surface area contributed by atoms with E-state index in [1.54, 1.807) is 0 Å². The zero-order valence-corrected chi connectivity index (χ0v) is 21.2. The monoisotopic (exact) mass is 492 g/mol. The first-order valence-corrected chi connectivity index (χ1v) is 13.3. The summed E-state index contributed by atoms with van der Waals surface area (Å²) in [5.41, 5.74) is 4.60. The molecule has 2 N–H and O–H groups in total. The first kappa shape index (κ1) is 23.6. The van der Waals surface area contributed by atoms with Crippen LogP contribution < -0.4 is 10.6 Å². The van der Waals surface area contributed by atoms with E-state index in [4.69, 9.17) is 24.5 Å². The standard InChI is InChI=1S/C26H36N8O2/c1-3-22-25(30-18-6-10-35-11-7-18)32-23-21(13-28-26(27-2)24(23)31-22)17-12-29-34(14-17)19-4-8-33(9-5-19)20-15-36-16-20/h12-14,18-20H,3-11,15-16H2,1-2H3,(H,27,28)(H,30,32). The number of piperidine rings is 1. The number of aromatic nitrogens is 5. The van der Waals surface area contributed by atoms with Gasteiger partial charge in [0.2, 0.25) is 0 Å². The number of rotatable bonds is 7. The largest absolute Gasteiger partial charge is 0.381 e. The Morgan fingerprint density at radius 1 is 0.944 bits per heavy atom. The number of hydrogen-bond acceptors (Lipinski definition) is 9. The maximum absolute atomic E-state index is 5.54. The second-order valence-electron chi connectivity index (χ2n) is 10.0. The van der Waals surface area contributed by atoms with Gasteiger partial charge >= 0.3 is 0 Å². The van der Waals surface area contributed by atoms with Crippen molar-refractivity contribution in [1.29, 1.82) is 0 Å². The van der Waals surface area contributed by atoms with E-state index < -0.39 is 0 Å². The maximum Gasteiger partial charge on any atom is 0.153 e. The molecule has 3 aliphatic rings. The number of likely N-dealkylation sites (tertiary alicyclic amines) is 1. The molecule has 6 heterocycles. The number of ether oxygens (including phenoxy) is 2. The van der Waals surface area contributed by atoms with E-state index in [0.717, 1.165) is 111 Å². The number of anilines is 2. The molecule has 3 fully saturated rings. The molecule has 36 heavy (non-hydrogen) atoms. The fourth-order valence-corrected chi connectivity index (χ4v) is 5.49.